The van der Waals surface area contributed by atoms with Crippen LogP contribution in [0.5, 0.6) is 0 Å². The summed E-state index contributed by atoms with van der Waals surface area (Å²) in [5.41, 5.74) is 1.16. The molecule has 0 aromatic heterocycles. The van der Waals surface area contributed by atoms with Crippen LogP contribution in [0.4, 0.5) is 5.69 Å². The van der Waals surface area contributed by atoms with Crippen molar-refractivity contribution in [3.05, 3.63) is 30.3 Å². The van der Waals surface area contributed by atoms with Gasteiger partial charge < -0.3 is 5.32 Å². The maximum atomic E-state index is 12.7. The van der Waals surface area contributed by atoms with Crippen molar-refractivity contribution in [1.82, 2.24) is 10.2 Å². The van der Waals surface area contributed by atoms with Crippen LogP contribution in [0.15, 0.2) is 35.4 Å². The molecule has 0 unspecified atom stereocenters. The molecule has 0 bridgehead atoms. The lowest BCUT2D eigenvalue weighted by Gasteiger charge is -2.32. The zero-order chi connectivity index (χ0) is 17.2. The standard InChI is InChI=1S/C19H24N4O2/c24-18-10-9-16(21-23(18)14-6-2-1-3-7-14)19(25)20-15-11-13-22-12-5-4-8-17(15)22/h1-3,6-7,15,17H,4-5,8-13H2,(H,20,25)/t15-,17-/m1/s1. The number of amides is 2. The molecule has 0 radical (unpaired) electrons. The fourth-order valence-corrected chi connectivity index (χ4v) is 4.15. The average Bonchev–Trinajstić information content (AvgIpc) is 3.06. The maximum Gasteiger partial charge on any atom is 0.267 e. The highest BCUT2D eigenvalue weighted by Crippen LogP contribution is 2.27. The molecule has 2 amide bonds. The van der Waals surface area contributed by atoms with E-state index >= 15 is 0 Å². The summed E-state index contributed by atoms with van der Waals surface area (Å²) in [5.74, 6) is -0.187. The Balaban J connectivity index is 1.47. The van der Waals surface area contributed by atoms with Gasteiger partial charge in [0.25, 0.3) is 5.91 Å². The van der Waals surface area contributed by atoms with E-state index < -0.39 is 0 Å². The van der Waals surface area contributed by atoms with E-state index in [9.17, 15) is 9.59 Å². The lowest BCUT2D eigenvalue weighted by molar-refractivity contribution is -0.119. The lowest BCUT2D eigenvalue weighted by Crippen LogP contribution is -2.49. The Morgan fingerprint density at radius 3 is 2.76 bits per heavy atom. The fourth-order valence-electron chi connectivity index (χ4n) is 4.15. The van der Waals surface area contributed by atoms with Crippen LogP contribution in [0.25, 0.3) is 0 Å². The molecular formula is C19H24N4O2. The van der Waals surface area contributed by atoms with Crippen molar-refractivity contribution in [2.45, 2.75) is 50.6 Å². The topological polar surface area (TPSA) is 65.0 Å². The summed E-state index contributed by atoms with van der Waals surface area (Å²) in [5, 5.41) is 8.90. The number of hydrogen-bond donors (Lipinski definition) is 1. The molecule has 1 aromatic rings. The van der Waals surface area contributed by atoms with Crippen LogP contribution in [-0.2, 0) is 9.59 Å². The number of hydrazone groups is 1. The SMILES string of the molecule is O=C(N[C@@H]1CCN2CCCC[C@H]12)C1=NN(c2ccccc2)C(=O)CC1. The van der Waals surface area contributed by atoms with Gasteiger partial charge in [0.2, 0.25) is 5.91 Å². The average molecular weight is 340 g/mol. The molecule has 2 fully saturated rings. The Kier molecular flexibility index (Phi) is 4.53. The van der Waals surface area contributed by atoms with Crippen LogP contribution in [-0.4, -0.2) is 47.6 Å². The predicted octanol–water partition coefficient (Wildman–Crippen LogP) is 1.91. The number of piperidine rings is 1. The van der Waals surface area contributed by atoms with E-state index in [0.717, 1.165) is 25.9 Å². The third-order valence-electron chi connectivity index (χ3n) is 5.47. The van der Waals surface area contributed by atoms with Crippen LogP contribution in [0.1, 0.15) is 38.5 Å². The number of benzene rings is 1. The number of para-hydroxylation sites is 1. The molecule has 6 heteroatoms. The molecule has 1 aromatic carbocycles. The second-order valence-electron chi connectivity index (χ2n) is 7.06. The zero-order valence-corrected chi connectivity index (χ0v) is 14.4. The fraction of sp³-hybridized carbons (Fsp3) is 0.526. The second kappa shape index (κ2) is 6.96. The number of hydrogen-bond acceptors (Lipinski definition) is 4. The normalized spacial score (nSPS) is 27.0. The number of fused-ring (bicyclic) bond motifs is 1. The summed E-state index contributed by atoms with van der Waals surface area (Å²) >= 11 is 0. The Morgan fingerprint density at radius 1 is 1.08 bits per heavy atom. The van der Waals surface area contributed by atoms with E-state index in [2.05, 4.69) is 15.3 Å². The Bertz CT molecular complexity index is 688. The molecule has 6 nitrogen and oxygen atoms in total. The van der Waals surface area contributed by atoms with Crippen molar-refractivity contribution >= 4 is 23.2 Å². The number of nitrogens with one attached hydrogen (secondary N) is 1. The van der Waals surface area contributed by atoms with Crippen LogP contribution in [0, 0.1) is 0 Å². The molecule has 0 aliphatic carbocycles. The van der Waals surface area contributed by atoms with E-state index in [1.54, 1.807) is 0 Å². The minimum Gasteiger partial charge on any atom is -0.347 e. The predicted molar refractivity (Wildman–Crippen MR) is 96.4 cm³/mol. The largest absolute Gasteiger partial charge is 0.347 e. The first-order chi connectivity index (χ1) is 12.2. The number of anilines is 1. The Morgan fingerprint density at radius 2 is 1.92 bits per heavy atom. The van der Waals surface area contributed by atoms with Crippen LogP contribution in [0.3, 0.4) is 0 Å². The van der Waals surface area contributed by atoms with Crippen molar-refractivity contribution in [2.24, 2.45) is 5.10 Å². The van der Waals surface area contributed by atoms with Crippen molar-refractivity contribution in [3.8, 4) is 0 Å². The maximum absolute atomic E-state index is 12.7. The van der Waals surface area contributed by atoms with Crippen LogP contribution < -0.4 is 10.3 Å². The zero-order valence-electron chi connectivity index (χ0n) is 14.4. The molecule has 0 saturated carbocycles. The second-order valence-corrected chi connectivity index (χ2v) is 7.06. The van der Waals surface area contributed by atoms with Gasteiger partial charge in [-0.05, 0) is 37.9 Å². The molecule has 132 valence electrons. The summed E-state index contributed by atoms with van der Waals surface area (Å²) in [6, 6.07) is 9.96. The molecule has 4 rings (SSSR count). The minimum absolute atomic E-state index is 0.0675. The number of carbonyl (C=O) groups excluding carboxylic acids is 2. The van der Waals surface area contributed by atoms with Crippen LogP contribution in [0.2, 0.25) is 0 Å². The number of carbonyl (C=O) groups is 2. The van der Waals surface area contributed by atoms with Gasteiger partial charge >= 0.3 is 0 Å². The highest BCUT2D eigenvalue weighted by atomic mass is 16.2. The molecule has 0 spiro atoms. The van der Waals surface area contributed by atoms with E-state index in [1.165, 1.54) is 17.9 Å². The monoisotopic (exact) mass is 340 g/mol. The molecule has 2 saturated heterocycles. The molecule has 1 N–H and O–H groups in total. The quantitative estimate of drug-likeness (QED) is 0.914. The molecule has 3 aliphatic rings. The third-order valence-corrected chi connectivity index (χ3v) is 5.47. The minimum atomic E-state index is -0.120. The molecule has 25 heavy (non-hydrogen) atoms. The first kappa shape index (κ1) is 16.3. The molecule has 2 atom stereocenters. The van der Waals surface area contributed by atoms with Crippen LogP contribution >= 0.6 is 0 Å². The molecular weight excluding hydrogens is 316 g/mol. The van der Waals surface area contributed by atoms with Gasteiger partial charge in [-0.15, -0.1) is 0 Å². The van der Waals surface area contributed by atoms with E-state index in [-0.39, 0.29) is 17.9 Å². The van der Waals surface area contributed by atoms with Crippen molar-refractivity contribution in [2.75, 3.05) is 18.1 Å². The van der Waals surface area contributed by atoms with E-state index in [0.29, 0.717) is 30.3 Å². The first-order valence-corrected chi connectivity index (χ1v) is 9.23. The summed E-state index contributed by atoms with van der Waals surface area (Å²) in [7, 11) is 0. The van der Waals surface area contributed by atoms with Gasteiger partial charge in [0.1, 0.15) is 5.71 Å². The third kappa shape index (κ3) is 3.31. The molecule has 3 aliphatic heterocycles. The Hall–Kier alpha value is -2.21. The van der Waals surface area contributed by atoms with Gasteiger partial charge in [-0.25, -0.2) is 5.01 Å². The lowest BCUT2D eigenvalue weighted by atomic mass is 9.98. The summed E-state index contributed by atoms with van der Waals surface area (Å²) < 4.78 is 0. The number of rotatable bonds is 3. The first-order valence-electron chi connectivity index (χ1n) is 9.23. The summed E-state index contributed by atoms with van der Waals surface area (Å²) in [4.78, 5) is 27.4. The van der Waals surface area contributed by atoms with Gasteiger partial charge in [-0.3, -0.25) is 14.5 Å². The highest BCUT2D eigenvalue weighted by Gasteiger charge is 2.37. The van der Waals surface area contributed by atoms with Gasteiger partial charge in [0.05, 0.1) is 5.69 Å². The highest BCUT2D eigenvalue weighted by molar-refractivity contribution is 6.40. The van der Waals surface area contributed by atoms with Crippen molar-refractivity contribution < 1.29 is 9.59 Å². The van der Waals surface area contributed by atoms with Gasteiger partial charge in [-0.1, -0.05) is 24.6 Å². The molecule has 3 heterocycles. The van der Waals surface area contributed by atoms with Gasteiger partial charge in [0, 0.05) is 31.5 Å². The Labute approximate surface area is 147 Å². The summed E-state index contributed by atoms with van der Waals surface area (Å²) in [6.45, 7) is 2.21. The number of nitrogens with zero attached hydrogens (tertiary/aromatic N) is 3. The summed E-state index contributed by atoms with van der Waals surface area (Å²) in [6.07, 6.45) is 5.40. The smallest absolute Gasteiger partial charge is 0.267 e. The van der Waals surface area contributed by atoms with Gasteiger partial charge in [-0.2, -0.15) is 5.10 Å². The van der Waals surface area contributed by atoms with Gasteiger partial charge in [0.15, 0.2) is 0 Å². The van der Waals surface area contributed by atoms with E-state index in [1.807, 2.05) is 30.3 Å². The van der Waals surface area contributed by atoms with Crippen molar-refractivity contribution in [1.29, 1.82) is 0 Å². The van der Waals surface area contributed by atoms with E-state index in [4.69, 9.17) is 0 Å². The van der Waals surface area contributed by atoms with Crippen molar-refractivity contribution in [3.63, 3.8) is 0 Å².